The summed E-state index contributed by atoms with van der Waals surface area (Å²) in [5, 5.41) is 8.79. The highest BCUT2D eigenvalue weighted by molar-refractivity contribution is 9.10. The second-order valence-corrected chi connectivity index (χ2v) is 10.4. The number of aromatic amines is 1. The summed E-state index contributed by atoms with van der Waals surface area (Å²) >= 11 is 11.5. The number of nitrogens with one attached hydrogen (secondary N) is 2. The second kappa shape index (κ2) is 10.3. The highest BCUT2D eigenvalue weighted by atomic mass is 79.9. The number of H-pyrrole nitrogens is 1. The molecule has 2 aromatic heterocycles. The standard InChI is InChI=1S/C27H21BrClN3O2S/c1-16-23(25(32-34-16)19-6-2-4-8-21(19)29)27(33)30-14-15-35-26-20-7-3-5-9-22(20)31-24(26)17-10-12-18(28)13-11-17/h2-13,31H,14-15H2,1H3,(H,30,33). The number of thioether (sulfide) groups is 1. The summed E-state index contributed by atoms with van der Waals surface area (Å²) in [6.07, 6.45) is 0. The van der Waals surface area contributed by atoms with E-state index in [0.717, 1.165) is 31.5 Å². The van der Waals surface area contributed by atoms with E-state index >= 15 is 0 Å². The number of carbonyl (C=O) groups is 1. The van der Waals surface area contributed by atoms with Crippen molar-refractivity contribution in [3.63, 3.8) is 0 Å². The number of benzene rings is 3. The first-order valence-electron chi connectivity index (χ1n) is 11.0. The van der Waals surface area contributed by atoms with Gasteiger partial charge in [0, 0.05) is 38.1 Å². The largest absolute Gasteiger partial charge is 0.360 e. The molecule has 0 saturated heterocycles. The molecule has 0 aliphatic heterocycles. The minimum Gasteiger partial charge on any atom is -0.360 e. The SMILES string of the molecule is Cc1onc(-c2ccccc2Cl)c1C(=O)NCCSc1c(-c2ccc(Br)cc2)[nH]c2ccccc12. The molecule has 8 heteroatoms. The number of halogens is 2. The Labute approximate surface area is 220 Å². The molecule has 5 aromatic rings. The third-order valence-electron chi connectivity index (χ3n) is 5.64. The summed E-state index contributed by atoms with van der Waals surface area (Å²) in [6.45, 7) is 2.21. The molecule has 0 radical (unpaired) electrons. The summed E-state index contributed by atoms with van der Waals surface area (Å²) in [6, 6.07) is 23.8. The molecule has 0 aliphatic rings. The van der Waals surface area contributed by atoms with Crippen molar-refractivity contribution in [3.8, 4) is 22.5 Å². The smallest absolute Gasteiger partial charge is 0.257 e. The van der Waals surface area contributed by atoms with Gasteiger partial charge in [0.2, 0.25) is 0 Å². The third kappa shape index (κ3) is 4.89. The normalized spacial score (nSPS) is 11.2. The van der Waals surface area contributed by atoms with Crippen LogP contribution in [-0.4, -0.2) is 28.3 Å². The van der Waals surface area contributed by atoms with Crippen molar-refractivity contribution in [1.29, 1.82) is 0 Å². The van der Waals surface area contributed by atoms with E-state index in [0.29, 0.717) is 39.9 Å². The minimum absolute atomic E-state index is 0.230. The molecule has 3 aromatic carbocycles. The number of amides is 1. The Balaban J connectivity index is 1.32. The number of aryl methyl sites for hydroxylation is 1. The molecule has 35 heavy (non-hydrogen) atoms. The van der Waals surface area contributed by atoms with Gasteiger partial charge >= 0.3 is 0 Å². The Hall–Kier alpha value is -3.00. The zero-order valence-corrected chi connectivity index (χ0v) is 21.9. The van der Waals surface area contributed by atoms with Crippen LogP contribution in [0.1, 0.15) is 16.1 Å². The van der Waals surface area contributed by atoms with Gasteiger partial charge in [-0.3, -0.25) is 4.79 Å². The number of nitrogens with zero attached hydrogens (tertiary/aromatic N) is 1. The second-order valence-electron chi connectivity index (χ2n) is 7.93. The van der Waals surface area contributed by atoms with E-state index in [1.807, 2.05) is 42.5 Å². The Kier molecular flexibility index (Phi) is 7.00. The number of carbonyl (C=O) groups excluding carboxylic acids is 1. The van der Waals surface area contributed by atoms with Crippen molar-refractivity contribution in [2.24, 2.45) is 0 Å². The van der Waals surface area contributed by atoms with Crippen LogP contribution >= 0.6 is 39.3 Å². The van der Waals surface area contributed by atoms with Crippen molar-refractivity contribution in [3.05, 3.63) is 93.6 Å². The topological polar surface area (TPSA) is 70.9 Å². The van der Waals surface area contributed by atoms with Gasteiger partial charge in [-0.2, -0.15) is 0 Å². The first-order valence-corrected chi connectivity index (χ1v) is 13.2. The van der Waals surface area contributed by atoms with Crippen molar-refractivity contribution in [2.75, 3.05) is 12.3 Å². The van der Waals surface area contributed by atoms with Crippen molar-refractivity contribution >= 4 is 56.1 Å². The van der Waals surface area contributed by atoms with Crippen molar-refractivity contribution in [1.82, 2.24) is 15.5 Å². The number of fused-ring (bicyclic) bond motifs is 1. The van der Waals surface area contributed by atoms with Gasteiger partial charge in [0.25, 0.3) is 5.91 Å². The molecular weight excluding hydrogens is 546 g/mol. The van der Waals surface area contributed by atoms with Crippen LogP contribution in [0, 0.1) is 6.92 Å². The van der Waals surface area contributed by atoms with E-state index in [9.17, 15) is 4.79 Å². The average Bonchev–Trinajstić information content (AvgIpc) is 3.43. The van der Waals surface area contributed by atoms with Crippen LogP contribution in [0.2, 0.25) is 5.02 Å². The van der Waals surface area contributed by atoms with Crippen LogP contribution < -0.4 is 5.32 Å². The van der Waals surface area contributed by atoms with E-state index < -0.39 is 0 Å². The van der Waals surface area contributed by atoms with E-state index in [1.165, 1.54) is 0 Å². The summed E-state index contributed by atoms with van der Waals surface area (Å²) in [5.41, 5.74) is 4.80. The van der Waals surface area contributed by atoms with Crippen LogP contribution in [-0.2, 0) is 0 Å². The average molecular weight is 567 g/mol. The lowest BCUT2D eigenvalue weighted by Crippen LogP contribution is -2.26. The summed E-state index contributed by atoms with van der Waals surface area (Å²) in [4.78, 5) is 17.8. The molecule has 0 unspecified atom stereocenters. The maximum absolute atomic E-state index is 13.1. The lowest BCUT2D eigenvalue weighted by Gasteiger charge is -2.08. The molecular formula is C27H21BrClN3O2S. The van der Waals surface area contributed by atoms with Crippen LogP contribution in [0.15, 0.2) is 86.7 Å². The first-order chi connectivity index (χ1) is 17.0. The summed E-state index contributed by atoms with van der Waals surface area (Å²) in [5.74, 6) is 0.925. The molecule has 2 heterocycles. The molecule has 0 atom stereocenters. The van der Waals surface area contributed by atoms with E-state index in [1.54, 1.807) is 24.8 Å². The molecule has 5 nitrogen and oxygen atoms in total. The fraction of sp³-hybridized carbons (Fsp3) is 0.111. The zero-order valence-electron chi connectivity index (χ0n) is 18.8. The maximum atomic E-state index is 13.1. The molecule has 176 valence electrons. The minimum atomic E-state index is -0.230. The van der Waals surface area contributed by atoms with Crippen LogP contribution in [0.5, 0.6) is 0 Å². The Morgan fingerprint density at radius 2 is 1.83 bits per heavy atom. The van der Waals surface area contributed by atoms with Crippen molar-refractivity contribution in [2.45, 2.75) is 11.8 Å². The summed E-state index contributed by atoms with van der Waals surface area (Å²) < 4.78 is 6.37. The summed E-state index contributed by atoms with van der Waals surface area (Å²) in [7, 11) is 0. The maximum Gasteiger partial charge on any atom is 0.257 e. The Morgan fingerprint density at radius 1 is 1.09 bits per heavy atom. The van der Waals surface area contributed by atoms with Gasteiger partial charge in [-0.1, -0.05) is 81.2 Å². The predicted molar refractivity (Wildman–Crippen MR) is 146 cm³/mol. The quantitative estimate of drug-likeness (QED) is 0.156. The van der Waals surface area contributed by atoms with E-state index in [4.69, 9.17) is 16.1 Å². The van der Waals surface area contributed by atoms with Crippen LogP contribution in [0.3, 0.4) is 0 Å². The predicted octanol–water partition coefficient (Wildman–Crippen LogP) is 7.74. The lowest BCUT2D eigenvalue weighted by molar-refractivity contribution is 0.0955. The molecule has 2 N–H and O–H groups in total. The lowest BCUT2D eigenvalue weighted by atomic mass is 10.1. The Bertz CT molecular complexity index is 1510. The fourth-order valence-corrected chi connectivity index (χ4v) is 5.51. The zero-order chi connectivity index (χ0) is 24.4. The van der Waals surface area contributed by atoms with Gasteiger partial charge in [-0.05, 0) is 36.8 Å². The fourth-order valence-electron chi connectivity index (χ4n) is 3.97. The van der Waals surface area contributed by atoms with Crippen molar-refractivity contribution < 1.29 is 9.32 Å². The van der Waals surface area contributed by atoms with Crippen LogP contribution in [0.25, 0.3) is 33.4 Å². The van der Waals surface area contributed by atoms with Gasteiger partial charge in [-0.25, -0.2) is 0 Å². The molecule has 0 aliphatic carbocycles. The number of hydrogen-bond donors (Lipinski definition) is 2. The number of para-hydroxylation sites is 1. The monoisotopic (exact) mass is 565 g/mol. The molecule has 0 saturated carbocycles. The molecule has 0 fully saturated rings. The molecule has 1 amide bonds. The van der Waals surface area contributed by atoms with Gasteiger partial charge < -0.3 is 14.8 Å². The third-order valence-corrected chi connectivity index (χ3v) is 7.62. The molecule has 5 rings (SSSR count). The van der Waals surface area contributed by atoms with Crippen LogP contribution in [0.4, 0.5) is 0 Å². The van der Waals surface area contributed by atoms with E-state index in [-0.39, 0.29) is 5.91 Å². The van der Waals surface area contributed by atoms with Gasteiger partial charge in [0.05, 0.1) is 10.7 Å². The highest BCUT2D eigenvalue weighted by Crippen LogP contribution is 2.38. The molecule has 0 spiro atoms. The Morgan fingerprint density at radius 3 is 2.63 bits per heavy atom. The number of rotatable bonds is 7. The van der Waals surface area contributed by atoms with E-state index in [2.05, 4.69) is 55.7 Å². The highest BCUT2D eigenvalue weighted by Gasteiger charge is 2.23. The molecule has 0 bridgehead atoms. The number of aromatic nitrogens is 2. The van der Waals surface area contributed by atoms with Gasteiger partial charge in [-0.15, -0.1) is 11.8 Å². The van der Waals surface area contributed by atoms with Gasteiger partial charge in [0.1, 0.15) is 17.0 Å². The van der Waals surface area contributed by atoms with Gasteiger partial charge in [0.15, 0.2) is 0 Å². The number of hydrogen-bond acceptors (Lipinski definition) is 4. The first kappa shape index (κ1) is 23.7.